The number of unbranched alkanes of at least 4 members (excludes halogenated alkanes) is 1. The highest BCUT2D eigenvalue weighted by Crippen LogP contribution is 2.33. The van der Waals surface area contributed by atoms with E-state index < -0.39 is 11.9 Å². The monoisotopic (exact) mass is 611 g/mol. The average Bonchev–Trinajstić information content (AvgIpc) is 3.49. The van der Waals surface area contributed by atoms with Gasteiger partial charge in [-0.2, -0.15) is 0 Å². The molecule has 12 heteroatoms. The molecule has 1 atom stereocenters. The first-order valence-electron chi connectivity index (χ1n) is 14.9. The third kappa shape index (κ3) is 10.6. The van der Waals surface area contributed by atoms with Gasteiger partial charge in [0, 0.05) is 26.7 Å². The summed E-state index contributed by atoms with van der Waals surface area (Å²) in [6, 6.07) is 14.4. The van der Waals surface area contributed by atoms with Gasteiger partial charge in [0.2, 0.25) is 24.5 Å². The Morgan fingerprint density at radius 2 is 1.66 bits per heavy atom. The van der Waals surface area contributed by atoms with Crippen molar-refractivity contribution in [1.29, 1.82) is 0 Å². The molecule has 0 aromatic heterocycles. The number of ether oxygens (including phenoxy) is 3. The fraction of sp³-hybridized carbons (Fsp3) is 0.500. The van der Waals surface area contributed by atoms with Crippen LogP contribution in [0.25, 0.3) is 0 Å². The molecule has 0 spiro atoms. The Morgan fingerprint density at radius 3 is 2.36 bits per heavy atom. The van der Waals surface area contributed by atoms with Gasteiger partial charge in [-0.05, 0) is 56.5 Å². The first kappa shape index (κ1) is 34.5. The molecule has 2 aromatic rings. The van der Waals surface area contributed by atoms with Crippen LogP contribution in [0.2, 0.25) is 0 Å². The number of ketones is 1. The Morgan fingerprint density at radius 1 is 0.932 bits per heavy atom. The van der Waals surface area contributed by atoms with Crippen molar-refractivity contribution in [3.05, 3.63) is 59.7 Å². The number of nitrogens with two attached hydrogens (primary N) is 1. The Labute approximate surface area is 259 Å². The number of nitrogens with one attached hydrogen (secondary N) is 1. The van der Waals surface area contributed by atoms with Crippen LogP contribution in [-0.4, -0.2) is 105 Å². The smallest absolute Gasteiger partial charge is 0.243 e. The summed E-state index contributed by atoms with van der Waals surface area (Å²) < 4.78 is 16.0. The van der Waals surface area contributed by atoms with Gasteiger partial charge in [0.1, 0.15) is 12.3 Å². The number of methoxy groups -OCH3 is 1. The van der Waals surface area contributed by atoms with E-state index in [2.05, 4.69) is 5.32 Å². The van der Waals surface area contributed by atoms with Crippen molar-refractivity contribution in [2.75, 3.05) is 66.3 Å². The molecule has 1 aliphatic rings. The normalized spacial score (nSPS) is 12.5. The lowest BCUT2D eigenvalue weighted by Crippen LogP contribution is -2.49. The van der Waals surface area contributed by atoms with E-state index in [1.54, 1.807) is 19.2 Å². The maximum absolute atomic E-state index is 13.9. The van der Waals surface area contributed by atoms with Crippen molar-refractivity contribution in [3.8, 4) is 11.5 Å². The highest BCUT2D eigenvalue weighted by atomic mass is 16.7. The lowest BCUT2D eigenvalue weighted by molar-refractivity contribution is -0.146. The van der Waals surface area contributed by atoms with Gasteiger partial charge in [-0.25, -0.2) is 0 Å². The fourth-order valence-corrected chi connectivity index (χ4v) is 4.82. The van der Waals surface area contributed by atoms with Gasteiger partial charge >= 0.3 is 0 Å². The lowest BCUT2D eigenvalue weighted by atomic mass is 10.1. The second-order valence-corrected chi connectivity index (χ2v) is 10.7. The second-order valence-electron chi connectivity index (χ2n) is 10.7. The predicted octanol–water partition coefficient (Wildman–Crippen LogP) is 1.73. The second kappa shape index (κ2) is 18.0. The van der Waals surface area contributed by atoms with E-state index in [-0.39, 0.29) is 57.1 Å². The van der Waals surface area contributed by atoms with Crippen LogP contribution in [0.1, 0.15) is 43.9 Å². The van der Waals surface area contributed by atoms with Gasteiger partial charge in [-0.3, -0.25) is 19.2 Å². The van der Waals surface area contributed by atoms with E-state index in [4.69, 9.17) is 19.9 Å². The summed E-state index contributed by atoms with van der Waals surface area (Å²) in [5.41, 5.74) is 7.27. The molecule has 0 radical (unpaired) electrons. The van der Waals surface area contributed by atoms with Crippen LogP contribution >= 0.6 is 0 Å². The number of amides is 3. The molecule has 1 aliphatic heterocycles. The van der Waals surface area contributed by atoms with Crippen molar-refractivity contribution in [2.24, 2.45) is 5.73 Å². The quantitative estimate of drug-likeness (QED) is 0.227. The third-order valence-electron chi connectivity index (χ3n) is 7.27. The predicted molar refractivity (Wildman–Crippen MR) is 165 cm³/mol. The summed E-state index contributed by atoms with van der Waals surface area (Å²) in [6.07, 6.45) is 1.33. The molecule has 3 amide bonds. The van der Waals surface area contributed by atoms with E-state index in [9.17, 15) is 19.2 Å². The number of carbonyl (C=O) groups is 4. The van der Waals surface area contributed by atoms with E-state index in [0.29, 0.717) is 50.6 Å². The zero-order chi connectivity index (χ0) is 31.9. The molecular formula is C32H45N5O7. The maximum Gasteiger partial charge on any atom is 0.243 e. The molecule has 0 saturated carbocycles. The molecule has 44 heavy (non-hydrogen) atoms. The molecule has 1 unspecified atom stereocenters. The molecule has 0 fully saturated rings. The van der Waals surface area contributed by atoms with Crippen molar-refractivity contribution in [1.82, 2.24) is 20.0 Å². The van der Waals surface area contributed by atoms with Gasteiger partial charge in [0.05, 0.1) is 32.3 Å². The van der Waals surface area contributed by atoms with Gasteiger partial charge < -0.3 is 40.0 Å². The van der Waals surface area contributed by atoms with E-state index >= 15 is 0 Å². The molecule has 240 valence electrons. The Bertz CT molecular complexity index is 1240. The number of benzene rings is 2. The SMILES string of the molecule is COCCNCC(=O)N(CCCCN)CC(=O)N(CC(=O)N(CC(C)=O)C(C)c1ccccc1)Cc1ccc2c(c1)OCO2. The van der Waals surface area contributed by atoms with Crippen molar-refractivity contribution in [2.45, 2.75) is 39.3 Å². The van der Waals surface area contributed by atoms with Gasteiger partial charge in [-0.15, -0.1) is 0 Å². The molecule has 1 heterocycles. The summed E-state index contributed by atoms with van der Waals surface area (Å²) in [7, 11) is 1.58. The van der Waals surface area contributed by atoms with Crippen molar-refractivity contribution >= 4 is 23.5 Å². The lowest BCUT2D eigenvalue weighted by Gasteiger charge is -2.32. The van der Waals surface area contributed by atoms with Crippen LogP contribution in [0.15, 0.2) is 48.5 Å². The molecule has 2 aromatic carbocycles. The number of carbonyl (C=O) groups excluding carboxylic acids is 4. The van der Waals surface area contributed by atoms with E-state index in [0.717, 1.165) is 11.1 Å². The van der Waals surface area contributed by atoms with Gasteiger partial charge in [0.25, 0.3) is 0 Å². The van der Waals surface area contributed by atoms with Gasteiger partial charge in [-0.1, -0.05) is 36.4 Å². The number of hydrogen-bond acceptors (Lipinski definition) is 9. The first-order chi connectivity index (χ1) is 21.2. The average molecular weight is 612 g/mol. The van der Waals surface area contributed by atoms with Crippen LogP contribution in [0.4, 0.5) is 0 Å². The van der Waals surface area contributed by atoms with E-state index in [1.165, 1.54) is 21.6 Å². The highest BCUT2D eigenvalue weighted by Gasteiger charge is 2.28. The van der Waals surface area contributed by atoms with Crippen molar-refractivity contribution in [3.63, 3.8) is 0 Å². The van der Waals surface area contributed by atoms with E-state index in [1.807, 2.05) is 43.3 Å². The van der Waals surface area contributed by atoms with Crippen LogP contribution in [0.5, 0.6) is 11.5 Å². The summed E-state index contributed by atoms with van der Waals surface area (Å²) >= 11 is 0. The summed E-state index contributed by atoms with van der Waals surface area (Å²) in [5, 5.41) is 3.03. The minimum atomic E-state index is -0.400. The Hall–Kier alpha value is -4.00. The molecule has 0 saturated heterocycles. The standard InChI is InChI=1S/C32H45N5O7/c1-24(38)19-37(25(2)27-9-5-4-6-10-27)32(41)22-36(20-26-11-12-28-29(17-26)44-23-43-28)31(40)21-35(15-8-7-13-33)30(39)18-34-14-16-42-3/h4-6,9-12,17,25,34H,7-8,13-16,18-23,33H2,1-3H3. The van der Waals surface area contributed by atoms with Gasteiger partial charge in [0.15, 0.2) is 11.5 Å². The van der Waals surface area contributed by atoms with Crippen molar-refractivity contribution < 1.29 is 33.4 Å². The number of hydrogen-bond donors (Lipinski definition) is 2. The van der Waals surface area contributed by atoms with Crippen LogP contribution in [-0.2, 0) is 30.5 Å². The first-order valence-corrected chi connectivity index (χ1v) is 14.9. The van der Waals surface area contributed by atoms with Crippen LogP contribution in [0, 0.1) is 0 Å². The van der Waals surface area contributed by atoms with Crippen LogP contribution < -0.4 is 20.5 Å². The summed E-state index contributed by atoms with van der Waals surface area (Å²) in [5.74, 6) is -0.0382. The number of rotatable bonds is 19. The molecule has 3 rings (SSSR count). The molecule has 0 bridgehead atoms. The fourth-order valence-electron chi connectivity index (χ4n) is 4.82. The topological polar surface area (TPSA) is 144 Å². The molecule has 0 aliphatic carbocycles. The Balaban J connectivity index is 1.84. The summed E-state index contributed by atoms with van der Waals surface area (Å²) in [6.45, 7) is 4.68. The molecular weight excluding hydrogens is 566 g/mol. The number of Topliss-reactive ketones (excluding diaryl/α,β-unsaturated/α-hetero) is 1. The largest absolute Gasteiger partial charge is 0.454 e. The molecule has 3 N–H and O–H groups in total. The van der Waals surface area contributed by atoms with Crippen LogP contribution in [0.3, 0.4) is 0 Å². The summed E-state index contributed by atoms with van der Waals surface area (Å²) in [4.78, 5) is 57.5. The third-order valence-corrected chi connectivity index (χ3v) is 7.27. The Kier molecular flexibility index (Phi) is 14.1. The minimum Gasteiger partial charge on any atom is -0.454 e. The number of nitrogens with zero attached hydrogens (tertiary/aromatic N) is 3. The highest BCUT2D eigenvalue weighted by molar-refractivity contribution is 5.90. The maximum atomic E-state index is 13.9. The molecule has 12 nitrogen and oxygen atoms in total. The number of fused-ring (bicyclic) bond motifs is 1. The zero-order valence-corrected chi connectivity index (χ0v) is 26.0. The zero-order valence-electron chi connectivity index (χ0n) is 26.0. The minimum absolute atomic E-state index is 0.0430.